The third kappa shape index (κ3) is 1.68. The van der Waals surface area contributed by atoms with Crippen LogP contribution in [0.1, 0.15) is 72.1 Å². The van der Waals surface area contributed by atoms with Gasteiger partial charge < -0.3 is 5.11 Å². The van der Waals surface area contributed by atoms with Crippen LogP contribution >= 0.6 is 0 Å². The Balaban J connectivity index is 1.74. The Hall–Kier alpha value is -0.300. The van der Waals surface area contributed by atoms with Gasteiger partial charge in [0.15, 0.2) is 0 Å². The van der Waals surface area contributed by atoms with E-state index in [-0.39, 0.29) is 11.5 Å². The largest absolute Gasteiger partial charge is 0.393 e. The van der Waals surface area contributed by atoms with Gasteiger partial charge in [0.1, 0.15) is 0 Å². The average Bonchev–Trinajstić information content (AvgIpc) is 2.65. The van der Waals surface area contributed by atoms with Crippen LogP contribution in [0.3, 0.4) is 0 Å². The van der Waals surface area contributed by atoms with Crippen LogP contribution in [0.25, 0.3) is 0 Å². The molecule has 1 N–H and O–H groups in total. The van der Waals surface area contributed by atoms with E-state index >= 15 is 0 Å². The van der Waals surface area contributed by atoms with Crippen molar-refractivity contribution in [3.8, 4) is 0 Å². The average molecular weight is 288 g/mol. The van der Waals surface area contributed by atoms with E-state index in [2.05, 4.69) is 27.4 Å². The van der Waals surface area contributed by atoms with Crippen LogP contribution in [0.2, 0.25) is 0 Å². The molecule has 1 unspecified atom stereocenters. The molecule has 4 saturated carbocycles. The zero-order valence-corrected chi connectivity index (χ0v) is 14.1. The predicted molar refractivity (Wildman–Crippen MR) is 86.9 cm³/mol. The van der Waals surface area contributed by atoms with Crippen LogP contribution in [0.4, 0.5) is 0 Å². The van der Waals surface area contributed by atoms with E-state index in [9.17, 15) is 5.11 Å². The standard InChI is InChI=1S/C20H32O/c1-13-11-20-10-7-15-18(2,3)17(21)8-9-19(15,4)16(20)6-5-14(13)12-20/h14-17,21H,1,5-12H2,2-4H3/t14-,15+,16-,17?,19+,20+/m1/s1. The van der Waals surface area contributed by atoms with Crippen molar-refractivity contribution in [3.63, 3.8) is 0 Å². The van der Waals surface area contributed by atoms with Crippen LogP contribution in [0, 0.1) is 34.0 Å². The van der Waals surface area contributed by atoms with Gasteiger partial charge in [-0.25, -0.2) is 0 Å². The molecule has 4 rings (SSSR count). The van der Waals surface area contributed by atoms with Crippen molar-refractivity contribution in [2.45, 2.75) is 78.2 Å². The van der Waals surface area contributed by atoms with E-state index in [1.807, 2.05) is 0 Å². The summed E-state index contributed by atoms with van der Waals surface area (Å²) in [6, 6.07) is 0. The van der Waals surface area contributed by atoms with Crippen molar-refractivity contribution in [2.75, 3.05) is 0 Å². The second-order valence-corrected chi connectivity index (χ2v) is 9.70. The number of rotatable bonds is 0. The van der Waals surface area contributed by atoms with E-state index < -0.39 is 0 Å². The van der Waals surface area contributed by atoms with Crippen LogP contribution in [-0.2, 0) is 0 Å². The van der Waals surface area contributed by atoms with Gasteiger partial charge in [-0.3, -0.25) is 0 Å². The molecule has 0 aromatic carbocycles. The Kier molecular flexibility index (Phi) is 2.83. The van der Waals surface area contributed by atoms with Gasteiger partial charge in [0.05, 0.1) is 6.10 Å². The van der Waals surface area contributed by atoms with Crippen molar-refractivity contribution >= 4 is 0 Å². The minimum Gasteiger partial charge on any atom is -0.393 e. The highest BCUT2D eigenvalue weighted by molar-refractivity contribution is 5.22. The maximum Gasteiger partial charge on any atom is 0.0594 e. The molecule has 6 atom stereocenters. The van der Waals surface area contributed by atoms with Crippen molar-refractivity contribution in [1.29, 1.82) is 0 Å². The fourth-order valence-corrected chi connectivity index (χ4v) is 7.57. The molecule has 4 aliphatic carbocycles. The highest BCUT2D eigenvalue weighted by atomic mass is 16.3. The van der Waals surface area contributed by atoms with Crippen molar-refractivity contribution < 1.29 is 5.11 Å². The maximum atomic E-state index is 10.5. The van der Waals surface area contributed by atoms with E-state index in [0.717, 1.165) is 18.3 Å². The van der Waals surface area contributed by atoms with Gasteiger partial charge in [-0.2, -0.15) is 0 Å². The quantitative estimate of drug-likeness (QED) is 0.626. The van der Waals surface area contributed by atoms with Crippen LogP contribution < -0.4 is 0 Å². The molecule has 0 saturated heterocycles. The van der Waals surface area contributed by atoms with Crippen LogP contribution in [0.15, 0.2) is 12.2 Å². The summed E-state index contributed by atoms with van der Waals surface area (Å²) in [6.45, 7) is 11.7. The monoisotopic (exact) mass is 288 g/mol. The van der Waals surface area contributed by atoms with E-state index in [0.29, 0.717) is 16.7 Å². The van der Waals surface area contributed by atoms with E-state index in [1.54, 1.807) is 5.57 Å². The molecule has 4 aliphatic rings. The smallest absolute Gasteiger partial charge is 0.0594 e. The number of aliphatic hydroxyl groups excluding tert-OH is 1. The van der Waals surface area contributed by atoms with Gasteiger partial charge in [0.2, 0.25) is 0 Å². The lowest BCUT2D eigenvalue weighted by atomic mass is 9.41. The fraction of sp³-hybridized carbons (Fsp3) is 0.900. The van der Waals surface area contributed by atoms with E-state index in [1.165, 1.54) is 44.9 Å². The van der Waals surface area contributed by atoms with Crippen molar-refractivity contribution in [2.24, 2.45) is 34.0 Å². The Bertz CT molecular complexity index is 478. The number of allylic oxidation sites excluding steroid dienone is 1. The van der Waals surface area contributed by atoms with Crippen molar-refractivity contribution in [3.05, 3.63) is 12.2 Å². The predicted octanol–water partition coefficient (Wildman–Crippen LogP) is 4.95. The molecular formula is C20H32O. The van der Waals surface area contributed by atoms with Crippen molar-refractivity contribution in [1.82, 2.24) is 0 Å². The zero-order chi connectivity index (χ0) is 15.0. The molecule has 0 aromatic heterocycles. The lowest BCUT2D eigenvalue weighted by Gasteiger charge is -2.64. The van der Waals surface area contributed by atoms with Crippen LogP contribution in [0.5, 0.6) is 0 Å². The first-order valence-electron chi connectivity index (χ1n) is 9.15. The summed E-state index contributed by atoms with van der Waals surface area (Å²) in [5, 5.41) is 10.5. The first-order chi connectivity index (χ1) is 9.80. The van der Waals surface area contributed by atoms with E-state index in [4.69, 9.17) is 0 Å². The first kappa shape index (κ1) is 14.3. The van der Waals surface area contributed by atoms with Gasteiger partial charge in [-0.15, -0.1) is 0 Å². The van der Waals surface area contributed by atoms with Gasteiger partial charge in [-0.05, 0) is 85.4 Å². The topological polar surface area (TPSA) is 20.2 Å². The molecule has 118 valence electrons. The molecule has 1 spiro atoms. The number of aliphatic hydroxyl groups is 1. The van der Waals surface area contributed by atoms with Crippen LogP contribution in [-0.4, -0.2) is 11.2 Å². The minimum absolute atomic E-state index is 0.0977. The Morgan fingerprint density at radius 3 is 2.52 bits per heavy atom. The molecule has 0 amide bonds. The molecule has 0 radical (unpaired) electrons. The maximum absolute atomic E-state index is 10.5. The normalized spacial score (nSPS) is 55.0. The third-order valence-electron chi connectivity index (χ3n) is 8.59. The van der Waals surface area contributed by atoms with Gasteiger partial charge >= 0.3 is 0 Å². The molecule has 4 fully saturated rings. The highest BCUT2D eigenvalue weighted by Gasteiger charge is 2.64. The lowest BCUT2D eigenvalue weighted by Crippen LogP contribution is -2.59. The molecule has 2 bridgehead atoms. The SMILES string of the molecule is C=C1C[C@]23CC[C@H]4C(C)(C)C(O)CC[C@]4(C)[C@H]2CC[C@@H]1C3. The fourth-order valence-electron chi connectivity index (χ4n) is 7.57. The first-order valence-corrected chi connectivity index (χ1v) is 9.15. The van der Waals surface area contributed by atoms with Gasteiger partial charge in [0, 0.05) is 0 Å². The number of hydrogen-bond donors (Lipinski definition) is 1. The minimum atomic E-state index is -0.0977. The summed E-state index contributed by atoms with van der Waals surface area (Å²) in [4.78, 5) is 0. The summed E-state index contributed by atoms with van der Waals surface area (Å²) >= 11 is 0. The summed E-state index contributed by atoms with van der Waals surface area (Å²) in [6.07, 6.45) is 10.4. The molecule has 0 heterocycles. The summed E-state index contributed by atoms with van der Waals surface area (Å²) in [5.41, 5.74) is 2.70. The molecule has 0 aromatic rings. The Labute approximate surface area is 130 Å². The molecule has 1 heteroatoms. The van der Waals surface area contributed by atoms with Gasteiger partial charge in [0.25, 0.3) is 0 Å². The third-order valence-corrected chi connectivity index (χ3v) is 8.59. The Morgan fingerprint density at radius 1 is 1.00 bits per heavy atom. The summed E-state index contributed by atoms with van der Waals surface area (Å²) < 4.78 is 0. The molecule has 21 heavy (non-hydrogen) atoms. The molecular weight excluding hydrogens is 256 g/mol. The molecule has 1 nitrogen and oxygen atoms in total. The Morgan fingerprint density at radius 2 is 1.76 bits per heavy atom. The second-order valence-electron chi connectivity index (χ2n) is 9.70. The summed E-state index contributed by atoms with van der Waals surface area (Å²) in [5.74, 6) is 2.42. The van der Waals surface area contributed by atoms with Gasteiger partial charge in [-0.1, -0.05) is 32.9 Å². The zero-order valence-electron chi connectivity index (χ0n) is 14.1. The number of hydrogen-bond acceptors (Lipinski definition) is 1. The lowest BCUT2D eigenvalue weighted by molar-refractivity contribution is -0.180. The second kappa shape index (κ2) is 4.16. The highest BCUT2D eigenvalue weighted by Crippen LogP contribution is 2.72. The number of fused-ring (bicyclic) bond motifs is 3. The summed E-state index contributed by atoms with van der Waals surface area (Å²) in [7, 11) is 0. The molecule has 0 aliphatic heterocycles.